The van der Waals surface area contributed by atoms with Gasteiger partial charge < -0.3 is 20.1 Å². The Hall–Kier alpha value is -3.35. The first kappa shape index (κ1) is 24.8. The number of piperidine rings is 1. The minimum atomic E-state index is -0.802. The first-order valence-corrected chi connectivity index (χ1v) is 12.4. The van der Waals surface area contributed by atoms with Crippen LogP contribution in [0, 0.1) is 11.3 Å². The number of fused-ring (bicyclic) bond motifs is 3. The molecule has 186 valence electrons. The molecular formula is C28H34N2O5. The van der Waals surface area contributed by atoms with Crippen LogP contribution >= 0.6 is 0 Å². The molecule has 7 heteroatoms. The monoisotopic (exact) mass is 478 g/mol. The normalized spacial score (nSPS) is 17.4. The number of aliphatic carboxylic acids is 1. The molecule has 1 heterocycles. The molecule has 2 N–H and O–H groups in total. The number of rotatable bonds is 7. The first-order valence-electron chi connectivity index (χ1n) is 12.4. The number of carbonyl (C=O) groups excluding carboxylic acids is 2. The van der Waals surface area contributed by atoms with Crippen LogP contribution < -0.4 is 5.32 Å². The molecule has 2 aliphatic rings. The molecule has 7 nitrogen and oxygen atoms in total. The number of amides is 2. The van der Waals surface area contributed by atoms with E-state index >= 15 is 0 Å². The highest BCUT2D eigenvalue weighted by atomic mass is 16.5. The van der Waals surface area contributed by atoms with E-state index in [0.29, 0.717) is 32.4 Å². The third-order valence-corrected chi connectivity index (χ3v) is 7.71. The first-order chi connectivity index (χ1) is 16.8. The summed E-state index contributed by atoms with van der Waals surface area (Å²) < 4.78 is 5.64. The summed E-state index contributed by atoms with van der Waals surface area (Å²) in [5.74, 6) is -1.19. The van der Waals surface area contributed by atoms with Gasteiger partial charge in [-0.1, -0.05) is 69.3 Å². The van der Waals surface area contributed by atoms with E-state index in [1.54, 1.807) is 4.90 Å². The van der Waals surface area contributed by atoms with E-state index in [1.807, 2.05) is 45.0 Å². The van der Waals surface area contributed by atoms with Gasteiger partial charge in [0.25, 0.3) is 0 Å². The summed E-state index contributed by atoms with van der Waals surface area (Å²) in [4.78, 5) is 39.4. The highest BCUT2D eigenvalue weighted by Gasteiger charge is 2.42. The molecule has 2 amide bonds. The molecule has 0 bridgehead atoms. The van der Waals surface area contributed by atoms with Crippen molar-refractivity contribution in [1.82, 2.24) is 10.2 Å². The van der Waals surface area contributed by atoms with Gasteiger partial charge in [-0.25, -0.2) is 4.79 Å². The number of hydrogen-bond donors (Lipinski definition) is 2. The molecule has 1 fully saturated rings. The lowest BCUT2D eigenvalue weighted by atomic mass is 9.76. The summed E-state index contributed by atoms with van der Waals surface area (Å²) in [6, 6.07) is 15.5. The minimum absolute atomic E-state index is 0.0540. The van der Waals surface area contributed by atoms with Crippen molar-refractivity contribution in [3.63, 3.8) is 0 Å². The van der Waals surface area contributed by atoms with E-state index in [-0.39, 0.29) is 24.3 Å². The summed E-state index contributed by atoms with van der Waals surface area (Å²) in [6.45, 7) is 6.55. The number of alkyl carbamates (subject to hydrolysis) is 1. The summed E-state index contributed by atoms with van der Waals surface area (Å²) >= 11 is 0. The maximum absolute atomic E-state index is 13.2. The van der Waals surface area contributed by atoms with Gasteiger partial charge in [-0.05, 0) is 47.4 Å². The van der Waals surface area contributed by atoms with Crippen molar-refractivity contribution in [2.75, 3.05) is 19.7 Å². The lowest BCUT2D eigenvalue weighted by Crippen LogP contribution is -2.55. The average Bonchev–Trinajstić information content (AvgIpc) is 3.19. The molecule has 0 aromatic heterocycles. The van der Waals surface area contributed by atoms with Crippen LogP contribution in [0.15, 0.2) is 48.5 Å². The molecule has 0 unspecified atom stereocenters. The van der Waals surface area contributed by atoms with Crippen molar-refractivity contribution in [3.8, 4) is 11.1 Å². The van der Waals surface area contributed by atoms with E-state index in [2.05, 4.69) is 29.6 Å². The standard InChI is InChI=1S/C28H34N2O5/c1-4-28(26(32)33)13-15-30(16-14-28)25(31)24(18(2)3)29-27(34)35-17-23-21-11-7-5-9-19(21)20-10-6-8-12-22(20)23/h5-12,18,23-24H,4,13-17H2,1-3H3,(H,29,34)(H,32,33)/t24-/m0/s1. The van der Waals surface area contributed by atoms with Gasteiger partial charge in [0, 0.05) is 19.0 Å². The van der Waals surface area contributed by atoms with Crippen molar-refractivity contribution in [3.05, 3.63) is 59.7 Å². The van der Waals surface area contributed by atoms with Crippen LogP contribution in [0.5, 0.6) is 0 Å². The molecule has 0 radical (unpaired) electrons. The molecule has 35 heavy (non-hydrogen) atoms. The number of carboxylic acid groups (broad SMARTS) is 1. The number of carbonyl (C=O) groups is 3. The van der Waals surface area contributed by atoms with Crippen LogP contribution in [0.4, 0.5) is 4.79 Å². The zero-order valence-corrected chi connectivity index (χ0v) is 20.6. The average molecular weight is 479 g/mol. The second kappa shape index (κ2) is 10.1. The topological polar surface area (TPSA) is 95.9 Å². The van der Waals surface area contributed by atoms with Crippen molar-refractivity contribution in [1.29, 1.82) is 0 Å². The number of ether oxygens (including phenoxy) is 1. The summed E-state index contributed by atoms with van der Waals surface area (Å²) in [6.07, 6.45) is 0.751. The van der Waals surface area contributed by atoms with Gasteiger partial charge in [0.05, 0.1) is 5.41 Å². The van der Waals surface area contributed by atoms with Gasteiger partial charge in [0.1, 0.15) is 12.6 Å². The Morgan fingerprint density at radius 2 is 1.57 bits per heavy atom. The Morgan fingerprint density at radius 3 is 2.06 bits per heavy atom. The molecule has 1 aliphatic heterocycles. The van der Waals surface area contributed by atoms with E-state index in [0.717, 1.165) is 22.3 Å². The lowest BCUT2D eigenvalue weighted by Gasteiger charge is -2.40. The molecule has 1 saturated heterocycles. The number of hydrogen-bond acceptors (Lipinski definition) is 4. The second-order valence-electron chi connectivity index (χ2n) is 9.96. The highest BCUT2D eigenvalue weighted by molar-refractivity contribution is 5.86. The molecule has 0 spiro atoms. The van der Waals surface area contributed by atoms with Crippen LogP contribution in [-0.2, 0) is 14.3 Å². The Balaban J connectivity index is 1.39. The summed E-state index contributed by atoms with van der Waals surface area (Å²) in [7, 11) is 0. The lowest BCUT2D eigenvalue weighted by molar-refractivity contribution is -0.155. The van der Waals surface area contributed by atoms with Gasteiger partial charge in [-0.15, -0.1) is 0 Å². The molecule has 0 saturated carbocycles. The van der Waals surface area contributed by atoms with E-state index in [4.69, 9.17) is 4.74 Å². The zero-order valence-electron chi connectivity index (χ0n) is 20.6. The second-order valence-corrected chi connectivity index (χ2v) is 9.96. The zero-order chi connectivity index (χ0) is 25.2. The van der Waals surface area contributed by atoms with E-state index < -0.39 is 23.5 Å². The van der Waals surface area contributed by atoms with Gasteiger partial charge >= 0.3 is 12.1 Å². The molecule has 2 aromatic carbocycles. The fourth-order valence-electron chi connectivity index (χ4n) is 5.35. The predicted octanol–water partition coefficient (Wildman–Crippen LogP) is 4.65. The van der Waals surface area contributed by atoms with Gasteiger partial charge in [0.2, 0.25) is 5.91 Å². The summed E-state index contributed by atoms with van der Waals surface area (Å²) in [5, 5.41) is 12.4. The van der Waals surface area contributed by atoms with Crippen LogP contribution in [0.1, 0.15) is 57.1 Å². The smallest absolute Gasteiger partial charge is 0.407 e. The maximum Gasteiger partial charge on any atom is 0.407 e. The molecule has 1 aliphatic carbocycles. The summed E-state index contributed by atoms with van der Waals surface area (Å²) in [5.41, 5.74) is 3.79. The Morgan fingerprint density at radius 1 is 1.03 bits per heavy atom. The maximum atomic E-state index is 13.2. The van der Waals surface area contributed by atoms with Gasteiger partial charge in [0.15, 0.2) is 0 Å². The number of nitrogens with zero attached hydrogens (tertiary/aromatic N) is 1. The van der Waals surface area contributed by atoms with Crippen LogP contribution in [-0.4, -0.2) is 53.7 Å². The number of nitrogens with one attached hydrogen (secondary N) is 1. The van der Waals surface area contributed by atoms with E-state index in [9.17, 15) is 19.5 Å². The Kier molecular flexibility index (Phi) is 7.15. The highest BCUT2D eigenvalue weighted by Crippen LogP contribution is 2.44. The number of benzene rings is 2. The van der Waals surface area contributed by atoms with Crippen molar-refractivity contribution in [2.45, 2.75) is 52.0 Å². The van der Waals surface area contributed by atoms with Crippen LogP contribution in [0.3, 0.4) is 0 Å². The van der Waals surface area contributed by atoms with Crippen LogP contribution in [0.25, 0.3) is 11.1 Å². The van der Waals surface area contributed by atoms with Crippen LogP contribution in [0.2, 0.25) is 0 Å². The van der Waals surface area contributed by atoms with Crippen molar-refractivity contribution >= 4 is 18.0 Å². The Labute approximate surface area is 206 Å². The third-order valence-electron chi connectivity index (χ3n) is 7.71. The number of likely N-dealkylation sites (tertiary alicyclic amines) is 1. The van der Waals surface area contributed by atoms with Crippen molar-refractivity contribution < 1.29 is 24.2 Å². The minimum Gasteiger partial charge on any atom is -0.481 e. The molecule has 1 atom stereocenters. The predicted molar refractivity (Wildman–Crippen MR) is 133 cm³/mol. The fourth-order valence-corrected chi connectivity index (χ4v) is 5.35. The fraction of sp³-hybridized carbons (Fsp3) is 0.464. The van der Waals surface area contributed by atoms with Gasteiger partial charge in [-0.3, -0.25) is 9.59 Å². The Bertz CT molecular complexity index is 1060. The molecular weight excluding hydrogens is 444 g/mol. The van der Waals surface area contributed by atoms with Gasteiger partial charge in [-0.2, -0.15) is 0 Å². The molecule has 4 rings (SSSR count). The SMILES string of the molecule is CCC1(C(=O)O)CCN(C(=O)[C@@H](NC(=O)OCC2c3ccccc3-c3ccccc32)C(C)C)CC1. The van der Waals surface area contributed by atoms with E-state index in [1.165, 1.54) is 0 Å². The quantitative estimate of drug-likeness (QED) is 0.604. The molecule has 2 aromatic rings. The third kappa shape index (κ3) is 4.77. The number of carboxylic acids is 1. The van der Waals surface area contributed by atoms with Crippen molar-refractivity contribution in [2.24, 2.45) is 11.3 Å². The largest absolute Gasteiger partial charge is 0.481 e.